The van der Waals surface area contributed by atoms with Crippen molar-refractivity contribution in [3.63, 3.8) is 0 Å². The number of aromatic nitrogens is 3. The summed E-state index contributed by atoms with van der Waals surface area (Å²) < 4.78 is 7.25. The third-order valence-electron chi connectivity index (χ3n) is 3.24. The van der Waals surface area contributed by atoms with Gasteiger partial charge in [0.1, 0.15) is 24.1 Å². The molecule has 96 valence electrons. The van der Waals surface area contributed by atoms with Crippen molar-refractivity contribution in [1.82, 2.24) is 14.6 Å². The predicted octanol–water partition coefficient (Wildman–Crippen LogP) is -0.505. The molecule has 7 heteroatoms. The van der Waals surface area contributed by atoms with Gasteiger partial charge in [0.05, 0.1) is 18.4 Å². The number of ether oxygens (including phenoxy) is 1. The lowest BCUT2D eigenvalue weighted by molar-refractivity contribution is -0.0239. The second kappa shape index (κ2) is 4.20. The summed E-state index contributed by atoms with van der Waals surface area (Å²) in [6.07, 6.45) is 0.306. The summed E-state index contributed by atoms with van der Waals surface area (Å²) in [4.78, 5) is 3.91. The highest BCUT2D eigenvalue weighted by molar-refractivity contribution is 5.65. The van der Waals surface area contributed by atoms with E-state index < -0.39 is 12.2 Å². The van der Waals surface area contributed by atoms with E-state index in [0.717, 1.165) is 5.69 Å². The molecule has 0 saturated carbocycles. The van der Waals surface area contributed by atoms with E-state index in [1.54, 1.807) is 4.52 Å². The highest BCUT2D eigenvalue weighted by atomic mass is 16.5. The molecule has 1 saturated heterocycles. The molecule has 0 spiro atoms. The predicted molar refractivity (Wildman–Crippen MR) is 62.7 cm³/mol. The van der Waals surface area contributed by atoms with Gasteiger partial charge >= 0.3 is 0 Å². The van der Waals surface area contributed by atoms with Crippen LogP contribution in [0.25, 0.3) is 5.52 Å². The summed E-state index contributed by atoms with van der Waals surface area (Å²) in [5.41, 5.74) is 7.25. The quantitative estimate of drug-likeness (QED) is 0.663. The lowest BCUT2D eigenvalue weighted by atomic mass is 10.1. The maximum Gasteiger partial charge on any atom is 0.151 e. The van der Waals surface area contributed by atoms with Gasteiger partial charge in [-0.05, 0) is 12.1 Å². The SMILES string of the molecule is Nc1ncnn2c([C@@H]3C[C@H](O)[C@@H](CO)O3)ccc12. The third-order valence-corrected chi connectivity index (χ3v) is 3.24. The molecule has 3 rings (SSSR count). The molecule has 7 nitrogen and oxygen atoms in total. The Morgan fingerprint density at radius 2 is 2.33 bits per heavy atom. The molecule has 1 aliphatic rings. The smallest absolute Gasteiger partial charge is 0.151 e. The molecule has 0 aromatic carbocycles. The van der Waals surface area contributed by atoms with E-state index in [-0.39, 0.29) is 12.7 Å². The zero-order valence-electron chi connectivity index (χ0n) is 9.60. The first kappa shape index (κ1) is 11.4. The van der Waals surface area contributed by atoms with Gasteiger partial charge in [0.15, 0.2) is 5.82 Å². The minimum atomic E-state index is -0.662. The van der Waals surface area contributed by atoms with E-state index in [1.165, 1.54) is 6.33 Å². The molecule has 0 aliphatic carbocycles. The fourth-order valence-electron chi connectivity index (χ4n) is 2.30. The van der Waals surface area contributed by atoms with Crippen molar-refractivity contribution in [2.24, 2.45) is 0 Å². The number of nitrogens with zero attached hydrogens (tertiary/aromatic N) is 3. The fraction of sp³-hybridized carbons (Fsp3) is 0.455. The van der Waals surface area contributed by atoms with Crippen LogP contribution in [0.3, 0.4) is 0 Å². The summed E-state index contributed by atoms with van der Waals surface area (Å²) in [5.74, 6) is 0.397. The molecule has 1 fully saturated rings. The largest absolute Gasteiger partial charge is 0.394 e. The van der Waals surface area contributed by atoms with Crippen LogP contribution in [0.5, 0.6) is 0 Å². The van der Waals surface area contributed by atoms with Crippen LogP contribution in [0.1, 0.15) is 18.2 Å². The van der Waals surface area contributed by atoms with Gasteiger partial charge in [0.25, 0.3) is 0 Å². The van der Waals surface area contributed by atoms with E-state index >= 15 is 0 Å². The first-order valence-electron chi connectivity index (χ1n) is 5.73. The van der Waals surface area contributed by atoms with E-state index in [4.69, 9.17) is 15.6 Å². The summed E-state index contributed by atoms with van der Waals surface area (Å²) in [5, 5.41) is 22.9. The van der Waals surface area contributed by atoms with Crippen molar-refractivity contribution in [3.05, 3.63) is 24.2 Å². The van der Waals surface area contributed by atoms with E-state index in [2.05, 4.69) is 10.1 Å². The number of fused-ring (bicyclic) bond motifs is 1. The Morgan fingerprint density at radius 1 is 1.50 bits per heavy atom. The Labute approximate surface area is 103 Å². The minimum Gasteiger partial charge on any atom is -0.394 e. The molecular weight excluding hydrogens is 236 g/mol. The number of hydrogen-bond donors (Lipinski definition) is 3. The molecule has 1 aliphatic heterocycles. The van der Waals surface area contributed by atoms with Gasteiger partial charge < -0.3 is 20.7 Å². The van der Waals surface area contributed by atoms with Crippen molar-refractivity contribution in [2.45, 2.75) is 24.7 Å². The topological polar surface area (TPSA) is 106 Å². The first-order chi connectivity index (χ1) is 8.70. The van der Waals surface area contributed by atoms with Crippen LogP contribution in [0.4, 0.5) is 5.82 Å². The molecule has 2 aromatic heterocycles. The maximum absolute atomic E-state index is 9.73. The van der Waals surface area contributed by atoms with Crippen LogP contribution < -0.4 is 5.73 Å². The average molecular weight is 250 g/mol. The van der Waals surface area contributed by atoms with Crippen LogP contribution in [-0.2, 0) is 4.74 Å². The Morgan fingerprint density at radius 3 is 3.06 bits per heavy atom. The Kier molecular flexibility index (Phi) is 2.66. The standard InChI is InChI=1S/C11H14N4O3/c12-11-7-2-1-6(15(7)14-5-13-11)9-3-8(17)10(4-16)18-9/h1-2,5,8-10,16-17H,3-4H2,(H2,12,13,14)/t8-,9-,10+/m0/s1. The molecule has 2 aromatic rings. The van der Waals surface area contributed by atoms with Crippen molar-refractivity contribution < 1.29 is 14.9 Å². The second-order valence-electron chi connectivity index (χ2n) is 4.35. The lowest BCUT2D eigenvalue weighted by Crippen LogP contribution is -2.24. The number of hydrogen-bond acceptors (Lipinski definition) is 6. The number of rotatable bonds is 2. The van der Waals surface area contributed by atoms with Gasteiger partial charge in [-0.25, -0.2) is 9.50 Å². The van der Waals surface area contributed by atoms with Gasteiger partial charge in [0, 0.05) is 6.42 Å². The number of nitrogens with two attached hydrogens (primary N) is 1. The van der Waals surface area contributed by atoms with E-state index in [0.29, 0.717) is 17.8 Å². The molecule has 3 heterocycles. The highest BCUT2D eigenvalue weighted by Gasteiger charge is 2.35. The Bertz CT molecular complexity index is 570. The van der Waals surface area contributed by atoms with E-state index in [9.17, 15) is 5.11 Å². The molecule has 0 radical (unpaired) electrons. The first-order valence-corrected chi connectivity index (χ1v) is 5.73. The van der Waals surface area contributed by atoms with Crippen LogP contribution in [-0.4, -0.2) is 43.6 Å². The van der Waals surface area contributed by atoms with Crippen molar-refractivity contribution in [2.75, 3.05) is 12.3 Å². The summed E-state index contributed by atoms with van der Waals surface area (Å²) in [6.45, 7) is -0.196. The molecule has 3 atom stereocenters. The van der Waals surface area contributed by atoms with Crippen molar-refractivity contribution >= 4 is 11.3 Å². The molecular formula is C11H14N4O3. The fourth-order valence-corrected chi connectivity index (χ4v) is 2.30. The van der Waals surface area contributed by atoms with Crippen LogP contribution in [0, 0.1) is 0 Å². The minimum absolute atomic E-state index is 0.196. The normalized spacial score (nSPS) is 28.0. The zero-order chi connectivity index (χ0) is 12.7. The number of nitrogen functional groups attached to an aromatic ring is 1. The molecule has 0 bridgehead atoms. The zero-order valence-corrected chi connectivity index (χ0v) is 9.60. The van der Waals surface area contributed by atoms with Gasteiger partial charge in [-0.2, -0.15) is 5.10 Å². The molecule has 4 N–H and O–H groups in total. The lowest BCUT2D eigenvalue weighted by Gasteiger charge is -2.11. The number of anilines is 1. The van der Waals surface area contributed by atoms with Crippen molar-refractivity contribution in [3.8, 4) is 0 Å². The number of aliphatic hydroxyl groups is 2. The molecule has 18 heavy (non-hydrogen) atoms. The monoisotopic (exact) mass is 250 g/mol. The summed E-state index contributed by atoms with van der Waals surface area (Å²) in [7, 11) is 0. The van der Waals surface area contributed by atoms with Gasteiger partial charge in [-0.1, -0.05) is 0 Å². The number of aliphatic hydroxyl groups excluding tert-OH is 2. The summed E-state index contributed by atoms with van der Waals surface area (Å²) >= 11 is 0. The van der Waals surface area contributed by atoms with Gasteiger partial charge in [-0.3, -0.25) is 0 Å². The molecule has 0 unspecified atom stereocenters. The highest BCUT2D eigenvalue weighted by Crippen LogP contribution is 2.33. The average Bonchev–Trinajstić information content (AvgIpc) is 2.93. The van der Waals surface area contributed by atoms with Crippen LogP contribution in [0.15, 0.2) is 18.5 Å². The third kappa shape index (κ3) is 1.64. The Hall–Kier alpha value is -1.70. The Balaban J connectivity index is 1.99. The van der Waals surface area contributed by atoms with Crippen LogP contribution >= 0.6 is 0 Å². The summed E-state index contributed by atoms with van der Waals surface area (Å²) in [6, 6.07) is 3.66. The van der Waals surface area contributed by atoms with Gasteiger partial charge in [0.2, 0.25) is 0 Å². The second-order valence-corrected chi connectivity index (χ2v) is 4.35. The van der Waals surface area contributed by atoms with E-state index in [1.807, 2.05) is 12.1 Å². The maximum atomic E-state index is 9.73. The van der Waals surface area contributed by atoms with Crippen LogP contribution in [0.2, 0.25) is 0 Å². The molecule has 0 amide bonds. The van der Waals surface area contributed by atoms with Crippen molar-refractivity contribution in [1.29, 1.82) is 0 Å². The van der Waals surface area contributed by atoms with Gasteiger partial charge in [-0.15, -0.1) is 0 Å².